The van der Waals surface area contributed by atoms with Gasteiger partial charge in [-0.05, 0) is 36.3 Å². The third-order valence-corrected chi connectivity index (χ3v) is 3.86. The molecule has 1 aliphatic rings. The number of anilines is 1. The first-order chi connectivity index (χ1) is 10.2. The summed E-state index contributed by atoms with van der Waals surface area (Å²) in [6, 6.07) is 15.2. The van der Waals surface area contributed by atoms with Crippen LogP contribution in [-0.4, -0.2) is 10.9 Å². The summed E-state index contributed by atoms with van der Waals surface area (Å²) < 4.78 is 0. The van der Waals surface area contributed by atoms with Gasteiger partial charge in [0.1, 0.15) is 5.75 Å². The maximum atomic E-state index is 11.8. The molecule has 3 nitrogen and oxygen atoms in total. The highest BCUT2D eigenvalue weighted by Gasteiger charge is 2.27. The number of hydrogen-bond donors (Lipinski definition) is 1. The Morgan fingerprint density at radius 2 is 1.81 bits per heavy atom. The Hall–Kier alpha value is -2.55. The molecule has 2 aromatic rings. The second kappa shape index (κ2) is 5.44. The number of allylic oxidation sites excluding steroid dienone is 1. The van der Waals surface area contributed by atoms with Crippen LogP contribution >= 0.6 is 0 Å². The minimum absolute atomic E-state index is 0.0861. The van der Waals surface area contributed by atoms with E-state index in [0.29, 0.717) is 6.42 Å². The van der Waals surface area contributed by atoms with E-state index < -0.39 is 0 Å². The van der Waals surface area contributed by atoms with Gasteiger partial charge in [0, 0.05) is 12.6 Å². The highest BCUT2D eigenvalue weighted by molar-refractivity contribution is 5.92. The van der Waals surface area contributed by atoms with Crippen LogP contribution in [0.25, 0.3) is 0 Å². The molecule has 0 fully saturated rings. The Kier molecular flexibility index (Phi) is 3.48. The number of phenolic OH excluding ortho intramolecular Hbond substituents is 1. The lowest BCUT2D eigenvalue weighted by Crippen LogP contribution is -2.29. The van der Waals surface area contributed by atoms with E-state index in [1.807, 2.05) is 48.2 Å². The molecule has 0 saturated carbocycles. The predicted octanol–water partition coefficient (Wildman–Crippen LogP) is 3.73. The number of aromatic hydroxyl groups is 1. The largest absolute Gasteiger partial charge is 0.506 e. The van der Waals surface area contributed by atoms with Crippen LogP contribution in [0.4, 0.5) is 5.69 Å². The minimum Gasteiger partial charge on any atom is -0.506 e. The van der Waals surface area contributed by atoms with Crippen molar-refractivity contribution in [1.29, 1.82) is 0 Å². The molecule has 1 aliphatic heterocycles. The Labute approximate surface area is 124 Å². The van der Waals surface area contributed by atoms with Crippen LogP contribution in [0.5, 0.6) is 5.75 Å². The summed E-state index contributed by atoms with van der Waals surface area (Å²) in [6.07, 6.45) is 3.74. The van der Waals surface area contributed by atoms with Crippen LogP contribution in [0.2, 0.25) is 0 Å². The van der Waals surface area contributed by atoms with Crippen LogP contribution in [0.15, 0.2) is 60.8 Å². The standard InChI is InChI=1S/C18H17NO2/c1-13-6-2-3-7-15(13)17-12-14(20)10-11-19(17)16-8-4-5-9-18(16)21/h2-11,17,21H,12H2,1H3/t17-/m1/s1. The van der Waals surface area contributed by atoms with E-state index in [1.54, 1.807) is 24.4 Å². The van der Waals surface area contributed by atoms with E-state index in [9.17, 15) is 9.90 Å². The SMILES string of the molecule is Cc1ccccc1[C@H]1CC(=O)C=CN1c1ccccc1O. The minimum atomic E-state index is -0.0861. The summed E-state index contributed by atoms with van der Waals surface area (Å²) in [6.45, 7) is 2.04. The molecule has 0 radical (unpaired) electrons. The molecule has 0 amide bonds. The molecular formula is C18H17NO2. The zero-order chi connectivity index (χ0) is 14.8. The fourth-order valence-corrected chi connectivity index (χ4v) is 2.78. The molecule has 1 heterocycles. The van der Waals surface area contributed by atoms with Crippen molar-refractivity contribution in [2.45, 2.75) is 19.4 Å². The number of aryl methyl sites for hydroxylation is 1. The smallest absolute Gasteiger partial charge is 0.159 e. The van der Waals surface area contributed by atoms with Crippen molar-refractivity contribution in [2.75, 3.05) is 4.90 Å². The maximum Gasteiger partial charge on any atom is 0.159 e. The van der Waals surface area contributed by atoms with Crippen molar-refractivity contribution in [3.8, 4) is 5.75 Å². The molecule has 0 spiro atoms. The average Bonchev–Trinajstić information content (AvgIpc) is 2.49. The quantitative estimate of drug-likeness (QED) is 0.910. The van der Waals surface area contributed by atoms with Crippen LogP contribution in [0, 0.1) is 6.92 Å². The van der Waals surface area contributed by atoms with Gasteiger partial charge in [0.25, 0.3) is 0 Å². The molecule has 0 aromatic heterocycles. The number of para-hydroxylation sites is 2. The first kappa shape index (κ1) is 13.4. The second-order valence-electron chi connectivity index (χ2n) is 5.25. The molecule has 1 atom stereocenters. The molecule has 3 rings (SSSR count). The van der Waals surface area contributed by atoms with Crippen LogP contribution in [0.3, 0.4) is 0 Å². The van der Waals surface area contributed by atoms with E-state index in [-0.39, 0.29) is 17.6 Å². The van der Waals surface area contributed by atoms with Crippen molar-refractivity contribution < 1.29 is 9.90 Å². The Morgan fingerprint density at radius 1 is 1.10 bits per heavy atom. The van der Waals surface area contributed by atoms with Gasteiger partial charge in [0.2, 0.25) is 0 Å². The Bertz CT molecular complexity index is 706. The van der Waals surface area contributed by atoms with Gasteiger partial charge in [-0.3, -0.25) is 4.79 Å². The summed E-state index contributed by atoms with van der Waals surface area (Å²) in [5.41, 5.74) is 2.97. The first-order valence-corrected chi connectivity index (χ1v) is 6.99. The molecular weight excluding hydrogens is 262 g/mol. The fourth-order valence-electron chi connectivity index (χ4n) is 2.78. The number of carbonyl (C=O) groups excluding carboxylic acids is 1. The summed E-state index contributed by atoms with van der Waals surface area (Å²) in [5, 5.41) is 10.1. The van der Waals surface area contributed by atoms with E-state index in [1.165, 1.54) is 0 Å². The number of hydrogen-bond acceptors (Lipinski definition) is 3. The van der Waals surface area contributed by atoms with E-state index in [0.717, 1.165) is 16.8 Å². The van der Waals surface area contributed by atoms with Crippen molar-refractivity contribution in [1.82, 2.24) is 0 Å². The molecule has 2 aromatic carbocycles. The van der Waals surface area contributed by atoms with E-state index >= 15 is 0 Å². The van der Waals surface area contributed by atoms with Crippen molar-refractivity contribution in [3.05, 3.63) is 71.9 Å². The van der Waals surface area contributed by atoms with Crippen molar-refractivity contribution >= 4 is 11.5 Å². The summed E-state index contributed by atoms with van der Waals surface area (Å²) in [5.74, 6) is 0.324. The van der Waals surface area contributed by atoms with Gasteiger partial charge < -0.3 is 10.0 Å². The third-order valence-electron chi connectivity index (χ3n) is 3.86. The van der Waals surface area contributed by atoms with E-state index in [4.69, 9.17) is 0 Å². The van der Waals surface area contributed by atoms with Gasteiger partial charge in [0.15, 0.2) is 5.78 Å². The number of phenols is 1. The topological polar surface area (TPSA) is 40.5 Å². The zero-order valence-corrected chi connectivity index (χ0v) is 11.9. The monoisotopic (exact) mass is 279 g/mol. The lowest BCUT2D eigenvalue weighted by Gasteiger charge is -2.34. The lowest BCUT2D eigenvalue weighted by molar-refractivity contribution is -0.115. The van der Waals surface area contributed by atoms with Crippen LogP contribution < -0.4 is 4.90 Å². The van der Waals surface area contributed by atoms with Gasteiger partial charge in [-0.25, -0.2) is 0 Å². The molecule has 106 valence electrons. The zero-order valence-electron chi connectivity index (χ0n) is 11.9. The molecule has 1 N–H and O–H groups in total. The number of carbonyl (C=O) groups is 1. The van der Waals surface area contributed by atoms with Gasteiger partial charge in [-0.1, -0.05) is 36.4 Å². The summed E-state index contributed by atoms with van der Waals surface area (Å²) in [4.78, 5) is 13.8. The predicted molar refractivity (Wildman–Crippen MR) is 83.3 cm³/mol. The molecule has 21 heavy (non-hydrogen) atoms. The van der Waals surface area contributed by atoms with Gasteiger partial charge in [0.05, 0.1) is 11.7 Å². The van der Waals surface area contributed by atoms with Crippen molar-refractivity contribution in [2.24, 2.45) is 0 Å². The van der Waals surface area contributed by atoms with Crippen LogP contribution in [0.1, 0.15) is 23.6 Å². The second-order valence-corrected chi connectivity index (χ2v) is 5.25. The van der Waals surface area contributed by atoms with Gasteiger partial charge >= 0.3 is 0 Å². The maximum absolute atomic E-state index is 11.8. The third kappa shape index (κ3) is 2.55. The number of rotatable bonds is 2. The number of benzene rings is 2. The normalized spacial score (nSPS) is 18.0. The molecule has 3 heteroatoms. The first-order valence-electron chi connectivity index (χ1n) is 6.99. The Morgan fingerprint density at radius 3 is 2.57 bits per heavy atom. The molecule has 0 saturated heterocycles. The highest BCUT2D eigenvalue weighted by Crippen LogP contribution is 2.38. The lowest BCUT2D eigenvalue weighted by atomic mass is 9.93. The van der Waals surface area contributed by atoms with Crippen molar-refractivity contribution in [3.63, 3.8) is 0 Å². The summed E-state index contributed by atoms with van der Waals surface area (Å²) in [7, 11) is 0. The van der Waals surface area contributed by atoms with E-state index in [2.05, 4.69) is 0 Å². The average molecular weight is 279 g/mol. The molecule has 0 unspecified atom stereocenters. The summed E-state index contributed by atoms with van der Waals surface area (Å²) >= 11 is 0. The number of ketones is 1. The van der Waals surface area contributed by atoms with Gasteiger partial charge in [-0.15, -0.1) is 0 Å². The fraction of sp³-hybridized carbons (Fsp3) is 0.167. The molecule has 0 bridgehead atoms. The van der Waals surface area contributed by atoms with Gasteiger partial charge in [-0.2, -0.15) is 0 Å². The van der Waals surface area contributed by atoms with Crippen LogP contribution in [-0.2, 0) is 4.79 Å². The highest BCUT2D eigenvalue weighted by atomic mass is 16.3. The molecule has 0 aliphatic carbocycles. The number of nitrogens with zero attached hydrogens (tertiary/aromatic N) is 1. The Balaban J connectivity index is 2.09.